The van der Waals surface area contributed by atoms with Gasteiger partial charge in [0.15, 0.2) is 0 Å². The second kappa shape index (κ2) is 4.29. The van der Waals surface area contributed by atoms with E-state index in [2.05, 4.69) is 20.7 Å². The Labute approximate surface area is 90.7 Å². The van der Waals surface area contributed by atoms with Crippen molar-refractivity contribution in [1.82, 2.24) is 0 Å². The number of methoxy groups -OCH3 is 1. The second-order valence-electron chi connectivity index (χ2n) is 2.90. The third-order valence-corrected chi connectivity index (χ3v) is 3.22. The number of carbonyl (C=O) groups excluding carboxylic acids is 1. The Morgan fingerprint density at radius 3 is 2.92 bits per heavy atom. The predicted molar refractivity (Wildman–Crippen MR) is 55.7 cm³/mol. The van der Waals surface area contributed by atoms with Crippen molar-refractivity contribution in [2.45, 2.75) is 13.3 Å². The zero-order valence-electron chi connectivity index (χ0n) is 7.43. The van der Waals surface area contributed by atoms with E-state index >= 15 is 0 Å². The van der Waals surface area contributed by atoms with E-state index in [1.807, 2.05) is 13.0 Å². The molecule has 0 radical (unpaired) electrons. The number of hydrogen-bond acceptors (Lipinski definition) is 2. The molecule has 0 heterocycles. The Morgan fingerprint density at radius 1 is 1.77 bits per heavy atom. The number of rotatable bonds is 1. The molecule has 1 unspecified atom stereocenters. The summed E-state index contributed by atoms with van der Waals surface area (Å²) in [7, 11) is 1.38. The van der Waals surface area contributed by atoms with E-state index in [0.29, 0.717) is 6.42 Å². The van der Waals surface area contributed by atoms with Crippen LogP contribution < -0.4 is 0 Å². The zero-order valence-corrected chi connectivity index (χ0v) is 9.78. The largest absolute Gasteiger partial charge is 0.469 e. The second-order valence-corrected chi connectivity index (χ2v) is 4.27. The quantitative estimate of drug-likeness (QED) is 0.681. The first-order chi connectivity index (χ1) is 6.06. The summed E-state index contributed by atoms with van der Waals surface area (Å²) in [5.74, 6) is -0.532. The molecule has 4 heteroatoms. The van der Waals surface area contributed by atoms with Crippen LogP contribution in [0.3, 0.4) is 0 Å². The molecule has 1 rings (SSSR count). The fourth-order valence-electron chi connectivity index (χ4n) is 1.16. The maximum atomic E-state index is 11.3. The lowest BCUT2D eigenvalue weighted by Gasteiger charge is -2.18. The highest BCUT2D eigenvalue weighted by Gasteiger charge is 2.26. The first-order valence-electron chi connectivity index (χ1n) is 3.86. The summed E-state index contributed by atoms with van der Waals surface area (Å²) in [6.07, 6.45) is 2.38. The van der Waals surface area contributed by atoms with Gasteiger partial charge in [0, 0.05) is 15.9 Å². The molecule has 1 aliphatic carbocycles. The summed E-state index contributed by atoms with van der Waals surface area (Å²) in [6.45, 7) is 1.91. The molecule has 0 N–H and O–H groups in total. The van der Waals surface area contributed by atoms with Gasteiger partial charge < -0.3 is 4.74 Å². The summed E-state index contributed by atoms with van der Waals surface area (Å²) in [5, 5.41) is 0.721. The zero-order chi connectivity index (χ0) is 10.0. The van der Waals surface area contributed by atoms with E-state index in [1.54, 1.807) is 0 Å². The van der Waals surface area contributed by atoms with Gasteiger partial charge in [0.1, 0.15) is 0 Å². The highest BCUT2D eigenvalue weighted by molar-refractivity contribution is 9.11. The fourth-order valence-corrected chi connectivity index (χ4v) is 2.06. The maximum Gasteiger partial charge on any atom is 0.314 e. The Kier molecular flexibility index (Phi) is 3.56. The fraction of sp³-hybridized carbons (Fsp3) is 0.444. The maximum absolute atomic E-state index is 11.3. The van der Waals surface area contributed by atoms with Gasteiger partial charge in [0.25, 0.3) is 0 Å². The molecule has 1 aliphatic rings. The minimum atomic E-state index is -0.277. The number of esters is 1. The van der Waals surface area contributed by atoms with E-state index < -0.39 is 0 Å². The third-order valence-electron chi connectivity index (χ3n) is 1.98. The van der Waals surface area contributed by atoms with E-state index in [1.165, 1.54) is 7.11 Å². The molecule has 0 aromatic heterocycles. The molecule has 0 aromatic carbocycles. The van der Waals surface area contributed by atoms with Gasteiger partial charge in [-0.15, -0.1) is 0 Å². The number of carbonyl (C=O) groups is 1. The smallest absolute Gasteiger partial charge is 0.314 e. The van der Waals surface area contributed by atoms with Crippen LogP contribution in [0.1, 0.15) is 13.3 Å². The van der Waals surface area contributed by atoms with Crippen LogP contribution in [0.5, 0.6) is 0 Å². The monoisotopic (exact) mass is 264 g/mol. The standard InChI is InChI=1S/C9H10BrClO2/c1-5-3-7(10)6(4-8(5)11)9(12)13-2/h3,6H,4H2,1-2H3. The van der Waals surface area contributed by atoms with Gasteiger partial charge in [0.2, 0.25) is 0 Å². The van der Waals surface area contributed by atoms with E-state index in [9.17, 15) is 4.79 Å². The van der Waals surface area contributed by atoms with Gasteiger partial charge in [-0.2, -0.15) is 0 Å². The Balaban J connectivity index is 2.87. The third kappa shape index (κ3) is 2.35. The van der Waals surface area contributed by atoms with Crippen molar-refractivity contribution in [3.05, 3.63) is 21.2 Å². The van der Waals surface area contributed by atoms with Gasteiger partial charge in [-0.3, -0.25) is 4.79 Å². The molecule has 1 atom stereocenters. The van der Waals surface area contributed by atoms with Crippen molar-refractivity contribution in [2.24, 2.45) is 5.92 Å². The van der Waals surface area contributed by atoms with Crippen molar-refractivity contribution >= 4 is 33.5 Å². The molecule has 0 aliphatic heterocycles. The van der Waals surface area contributed by atoms with E-state index in [-0.39, 0.29) is 11.9 Å². The van der Waals surface area contributed by atoms with Crippen LogP contribution in [-0.4, -0.2) is 13.1 Å². The number of hydrogen-bond donors (Lipinski definition) is 0. The number of ether oxygens (including phenoxy) is 1. The molecule has 0 saturated carbocycles. The number of allylic oxidation sites excluding steroid dienone is 3. The molecular weight excluding hydrogens is 255 g/mol. The van der Waals surface area contributed by atoms with Crippen LogP contribution in [0.25, 0.3) is 0 Å². The molecule has 0 aromatic rings. The average Bonchev–Trinajstić information content (AvgIpc) is 2.10. The van der Waals surface area contributed by atoms with E-state index in [4.69, 9.17) is 11.6 Å². The van der Waals surface area contributed by atoms with Crippen LogP contribution in [0.2, 0.25) is 0 Å². The summed E-state index contributed by atoms with van der Waals surface area (Å²) in [4.78, 5) is 11.3. The van der Waals surface area contributed by atoms with Gasteiger partial charge in [-0.05, 0) is 18.6 Å². The molecule has 2 nitrogen and oxygen atoms in total. The lowest BCUT2D eigenvalue weighted by Crippen LogP contribution is -2.18. The average molecular weight is 266 g/mol. The molecular formula is C9H10BrClO2. The molecule has 0 fully saturated rings. The van der Waals surface area contributed by atoms with Gasteiger partial charge in [-0.25, -0.2) is 0 Å². The van der Waals surface area contributed by atoms with Gasteiger partial charge in [-0.1, -0.05) is 27.5 Å². The summed E-state index contributed by atoms with van der Waals surface area (Å²) in [6, 6.07) is 0. The molecule has 0 bridgehead atoms. The van der Waals surface area contributed by atoms with Crippen molar-refractivity contribution in [1.29, 1.82) is 0 Å². The molecule has 0 amide bonds. The summed E-state index contributed by atoms with van der Waals surface area (Å²) < 4.78 is 5.49. The molecule has 0 spiro atoms. The topological polar surface area (TPSA) is 26.3 Å². The van der Waals surface area contributed by atoms with Crippen LogP contribution in [0.4, 0.5) is 0 Å². The normalized spacial score (nSPS) is 22.8. The predicted octanol–water partition coefficient (Wildman–Crippen LogP) is 2.97. The van der Waals surface area contributed by atoms with Crippen LogP contribution in [0.15, 0.2) is 21.2 Å². The number of halogens is 2. The van der Waals surface area contributed by atoms with Crippen LogP contribution >= 0.6 is 27.5 Å². The lowest BCUT2D eigenvalue weighted by molar-refractivity contribution is -0.143. The summed E-state index contributed by atoms with van der Waals surface area (Å²) in [5.41, 5.74) is 0.994. The minimum absolute atomic E-state index is 0.256. The van der Waals surface area contributed by atoms with Crippen molar-refractivity contribution in [2.75, 3.05) is 7.11 Å². The molecule has 0 saturated heterocycles. The van der Waals surface area contributed by atoms with E-state index in [0.717, 1.165) is 15.1 Å². The highest BCUT2D eigenvalue weighted by Crippen LogP contribution is 2.34. The lowest BCUT2D eigenvalue weighted by atomic mass is 9.97. The van der Waals surface area contributed by atoms with Gasteiger partial charge >= 0.3 is 5.97 Å². The van der Waals surface area contributed by atoms with Crippen molar-refractivity contribution < 1.29 is 9.53 Å². The first kappa shape index (κ1) is 10.8. The Hall–Kier alpha value is -0.280. The molecule has 72 valence electrons. The van der Waals surface area contributed by atoms with Crippen LogP contribution in [-0.2, 0) is 9.53 Å². The Morgan fingerprint density at radius 2 is 2.38 bits per heavy atom. The highest BCUT2D eigenvalue weighted by atomic mass is 79.9. The van der Waals surface area contributed by atoms with Crippen molar-refractivity contribution in [3.63, 3.8) is 0 Å². The summed E-state index contributed by atoms with van der Waals surface area (Å²) >= 11 is 9.27. The van der Waals surface area contributed by atoms with Crippen LogP contribution in [0, 0.1) is 5.92 Å². The molecule has 13 heavy (non-hydrogen) atoms. The first-order valence-corrected chi connectivity index (χ1v) is 5.03. The SMILES string of the molecule is COC(=O)C1CC(Cl)=C(C)C=C1Br. The Bertz CT molecular complexity index is 294. The van der Waals surface area contributed by atoms with Gasteiger partial charge in [0.05, 0.1) is 13.0 Å². The minimum Gasteiger partial charge on any atom is -0.469 e. The van der Waals surface area contributed by atoms with Crippen molar-refractivity contribution in [3.8, 4) is 0 Å².